The molecule has 0 aromatic heterocycles. The second-order valence-corrected chi connectivity index (χ2v) is 3.85. The van der Waals surface area contributed by atoms with Crippen molar-refractivity contribution >= 4 is 23.2 Å². The first-order valence-corrected chi connectivity index (χ1v) is 5.10. The van der Waals surface area contributed by atoms with Gasteiger partial charge in [-0.3, -0.25) is 4.79 Å². The van der Waals surface area contributed by atoms with E-state index < -0.39 is 5.38 Å². The van der Waals surface area contributed by atoms with Gasteiger partial charge in [-0.1, -0.05) is 18.2 Å². The molecule has 0 aliphatic rings. The van der Waals surface area contributed by atoms with E-state index >= 15 is 0 Å². The lowest BCUT2D eigenvalue weighted by molar-refractivity contribution is -0.115. The molecule has 1 aromatic rings. The molecule has 1 atom stereocenters. The van der Waals surface area contributed by atoms with E-state index in [4.69, 9.17) is 16.3 Å². The van der Waals surface area contributed by atoms with E-state index in [1.807, 2.05) is 24.3 Å². The summed E-state index contributed by atoms with van der Waals surface area (Å²) in [7, 11) is 1.61. The lowest BCUT2D eigenvalue weighted by Crippen LogP contribution is -2.21. The van der Waals surface area contributed by atoms with Crippen LogP contribution in [0.3, 0.4) is 0 Å². The Hall–Kier alpha value is -1.06. The normalized spacial score (nSPS) is 12.2. The van der Waals surface area contributed by atoms with E-state index in [9.17, 15) is 4.79 Å². The van der Waals surface area contributed by atoms with Gasteiger partial charge in [0.05, 0.1) is 6.61 Å². The Morgan fingerprint density at radius 3 is 2.80 bits per heavy atom. The zero-order valence-corrected chi connectivity index (χ0v) is 9.54. The Balaban J connectivity index is 2.79. The smallest absolute Gasteiger partial charge is 0.242 e. The maximum Gasteiger partial charge on any atom is 0.242 e. The highest BCUT2D eigenvalue weighted by Gasteiger charge is 2.10. The van der Waals surface area contributed by atoms with Crippen molar-refractivity contribution in [1.29, 1.82) is 0 Å². The topological polar surface area (TPSA) is 38.3 Å². The highest BCUT2D eigenvalue weighted by molar-refractivity contribution is 6.32. The van der Waals surface area contributed by atoms with Gasteiger partial charge in [-0.25, -0.2) is 0 Å². The van der Waals surface area contributed by atoms with Crippen LogP contribution in [0.2, 0.25) is 0 Å². The molecule has 3 nitrogen and oxygen atoms in total. The molecule has 1 rings (SSSR count). The number of para-hydroxylation sites is 1. The number of carbonyl (C=O) groups excluding carboxylic acids is 1. The van der Waals surface area contributed by atoms with Crippen LogP contribution >= 0.6 is 11.6 Å². The number of nitrogens with one attached hydrogen (secondary N) is 1. The minimum atomic E-state index is -0.541. The molecule has 0 saturated carbocycles. The molecule has 15 heavy (non-hydrogen) atoms. The van der Waals surface area contributed by atoms with Gasteiger partial charge in [0.25, 0.3) is 0 Å². The van der Waals surface area contributed by atoms with Crippen LogP contribution < -0.4 is 5.32 Å². The fraction of sp³-hybridized carbons (Fsp3) is 0.364. The van der Waals surface area contributed by atoms with E-state index in [1.165, 1.54) is 0 Å². The Morgan fingerprint density at radius 1 is 1.53 bits per heavy atom. The zero-order chi connectivity index (χ0) is 11.3. The summed E-state index contributed by atoms with van der Waals surface area (Å²) in [5.41, 5.74) is 1.68. The number of anilines is 1. The number of alkyl halides is 1. The van der Waals surface area contributed by atoms with E-state index in [2.05, 4.69) is 5.32 Å². The fourth-order valence-electron chi connectivity index (χ4n) is 1.16. The van der Waals surface area contributed by atoms with Gasteiger partial charge in [0, 0.05) is 18.4 Å². The summed E-state index contributed by atoms with van der Waals surface area (Å²) in [5.74, 6) is -0.208. The van der Waals surface area contributed by atoms with Crippen LogP contribution in [0.5, 0.6) is 0 Å². The lowest BCUT2D eigenvalue weighted by atomic mass is 10.2. The number of rotatable bonds is 4. The number of carbonyl (C=O) groups is 1. The van der Waals surface area contributed by atoms with Gasteiger partial charge in [0.15, 0.2) is 0 Å². The summed E-state index contributed by atoms with van der Waals surface area (Å²) >= 11 is 5.66. The molecule has 0 spiro atoms. The van der Waals surface area contributed by atoms with Gasteiger partial charge in [-0.15, -0.1) is 11.6 Å². The number of methoxy groups -OCH3 is 1. The van der Waals surface area contributed by atoms with Crippen LogP contribution in [0.25, 0.3) is 0 Å². The molecule has 0 saturated heterocycles. The predicted molar refractivity (Wildman–Crippen MR) is 61.1 cm³/mol. The number of amides is 1. The largest absolute Gasteiger partial charge is 0.380 e. The van der Waals surface area contributed by atoms with E-state index in [1.54, 1.807) is 14.0 Å². The van der Waals surface area contributed by atoms with Gasteiger partial charge in [0.1, 0.15) is 5.38 Å². The summed E-state index contributed by atoms with van der Waals surface area (Å²) < 4.78 is 5.03. The van der Waals surface area contributed by atoms with Crippen molar-refractivity contribution in [3.63, 3.8) is 0 Å². The number of hydrogen-bond acceptors (Lipinski definition) is 2. The summed E-state index contributed by atoms with van der Waals surface area (Å²) in [5, 5.41) is 2.20. The Morgan fingerprint density at radius 2 is 2.20 bits per heavy atom. The Kier molecular flexibility index (Phi) is 4.59. The molecule has 1 unspecified atom stereocenters. The van der Waals surface area contributed by atoms with Crippen molar-refractivity contribution in [3.05, 3.63) is 29.8 Å². The standard InChI is InChI=1S/C11H14ClNO2/c1-8(12)11(14)13-10-6-4-3-5-9(10)7-15-2/h3-6,8H,7H2,1-2H3,(H,13,14). The van der Waals surface area contributed by atoms with E-state index in [0.29, 0.717) is 6.61 Å². The number of ether oxygens (including phenoxy) is 1. The molecule has 1 amide bonds. The van der Waals surface area contributed by atoms with Crippen LogP contribution in [0.15, 0.2) is 24.3 Å². The molecular weight excluding hydrogens is 214 g/mol. The Bertz CT molecular complexity index is 339. The third-order valence-electron chi connectivity index (χ3n) is 1.94. The van der Waals surface area contributed by atoms with Crippen LogP contribution in [0.1, 0.15) is 12.5 Å². The SMILES string of the molecule is COCc1ccccc1NC(=O)C(C)Cl. The second kappa shape index (κ2) is 5.73. The summed E-state index contributed by atoms with van der Waals surface area (Å²) in [6.45, 7) is 2.10. The van der Waals surface area contributed by atoms with Gasteiger partial charge in [-0.05, 0) is 13.0 Å². The minimum absolute atomic E-state index is 0.208. The summed E-state index contributed by atoms with van der Waals surface area (Å²) in [4.78, 5) is 11.4. The van der Waals surface area contributed by atoms with Crippen molar-refractivity contribution in [1.82, 2.24) is 0 Å². The minimum Gasteiger partial charge on any atom is -0.380 e. The zero-order valence-electron chi connectivity index (χ0n) is 8.79. The first-order valence-electron chi connectivity index (χ1n) is 4.67. The summed E-state index contributed by atoms with van der Waals surface area (Å²) in [6, 6.07) is 7.48. The molecule has 1 N–H and O–H groups in total. The Labute approximate surface area is 94.4 Å². The van der Waals surface area contributed by atoms with Gasteiger partial charge in [-0.2, -0.15) is 0 Å². The van der Waals surface area contributed by atoms with Crippen LogP contribution in [0.4, 0.5) is 5.69 Å². The lowest BCUT2D eigenvalue weighted by Gasteiger charge is -2.11. The van der Waals surface area contributed by atoms with E-state index in [-0.39, 0.29) is 5.91 Å². The molecule has 0 bridgehead atoms. The van der Waals surface area contributed by atoms with Gasteiger partial charge in [0.2, 0.25) is 5.91 Å². The number of hydrogen-bond donors (Lipinski definition) is 1. The quantitative estimate of drug-likeness (QED) is 0.803. The fourth-order valence-corrected chi connectivity index (χ4v) is 1.21. The van der Waals surface area contributed by atoms with E-state index in [0.717, 1.165) is 11.3 Å². The first kappa shape index (κ1) is 12.0. The molecule has 0 radical (unpaired) electrons. The number of benzene rings is 1. The van der Waals surface area contributed by atoms with Crippen molar-refractivity contribution in [2.75, 3.05) is 12.4 Å². The van der Waals surface area contributed by atoms with Crippen molar-refractivity contribution < 1.29 is 9.53 Å². The average Bonchev–Trinajstić information content (AvgIpc) is 2.21. The van der Waals surface area contributed by atoms with Gasteiger partial charge < -0.3 is 10.1 Å². The molecule has 1 aromatic carbocycles. The highest BCUT2D eigenvalue weighted by Crippen LogP contribution is 2.16. The van der Waals surface area contributed by atoms with Crippen LogP contribution in [0, 0.1) is 0 Å². The molecule has 4 heteroatoms. The monoisotopic (exact) mass is 227 g/mol. The maximum atomic E-state index is 11.4. The van der Waals surface area contributed by atoms with Crippen molar-refractivity contribution in [2.24, 2.45) is 0 Å². The summed E-state index contributed by atoms with van der Waals surface area (Å²) in [6.07, 6.45) is 0. The van der Waals surface area contributed by atoms with Crippen molar-refractivity contribution in [2.45, 2.75) is 18.9 Å². The van der Waals surface area contributed by atoms with Crippen LogP contribution in [-0.4, -0.2) is 18.4 Å². The first-order chi connectivity index (χ1) is 7.15. The molecule has 0 aliphatic carbocycles. The average molecular weight is 228 g/mol. The second-order valence-electron chi connectivity index (χ2n) is 3.20. The van der Waals surface area contributed by atoms with Gasteiger partial charge >= 0.3 is 0 Å². The molecular formula is C11H14ClNO2. The molecule has 0 aliphatic heterocycles. The third kappa shape index (κ3) is 3.53. The van der Waals surface area contributed by atoms with Crippen molar-refractivity contribution in [3.8, 4) is 0 Å². The highest BCUT2D eigenvalue weighted by atomic mass is 35.5. The molecule has 82 valence electrons. The molecule has 0 fully saturated rings. The maximum absolute atomic E-state index is 11.4. The molecule has 0 heterocycles. The van der Waals surface area contributed by atoms with Crippen LogP contribution in [-0.2, 0) is 16.1 Å². The third-order valence-corrected chi connectivity index (χ3v) is 2.13. The number of halogens is 1. The predicted octanol–water partition coefficient (Wildman–Crippen LogP) is 2.40.